The van der Waals surface area contributed by atoms with E-state index in [9.17, 15) is 19.5 Å². The largest absolute Gasteiger partial charge is 0.548 e. The number of carbonyl (C=O) groups is 3. The highest BCUT2D eigenvalue weighted by Crippen LogP contribution is 2.26. The number of benzene rings is 1. The van der Waals surface area contributed by atoms with Crippen LogP contribution >= 0.6 is 0 Å². The number of fused-ring (bicyclic) bond motifs is 1. The first-order chi connectivity index (χ1) is 9.00. The molecule has 0 N–H and O–H groups in total. The van der Waals surface area contributed by atoms with Crippen molar-refractivity contribution in [3.8, 4) is 5.75 Å². The number of carbonyl (C=O) groups excluding carboxylic acids is 3. The molecule has 0 saturated heterocycles. The lowest BCUT2D eigenvalue weighted by molar-refractivity contribution is -0.306. The Morgan fingerprint density at radius 3 is 2.79 bits per heavy atom. The summed E-state index contributed by atoms with van der Waals surface area (Å²) < 4.78 is 4.99. The smallest absolute Gasteiger partial charge is 0.327 e. The first-order valence-electron chi connectivity index (χ1n) is 5.60. The highest BCUT2D eigenvalue weighted by Gasteiger charge is 2.35. The molecular formula is C13H10NO5-. The second kappa shape index (κ2) is 5.01. The topological polar surface area (TPSA) is 95.9 Å². The van der Waals surface area contributed by atoms with E-state index >= 15 is 0 Å². The van der Waals surface area contributed by atoms with Crippen LogP contribution in [0.4, 0.5) is 0 Å². The van der Waals surface area contributed by atoms with Gasteiger partial charge in [-0.15, -0.1) is 0 Å². The van der Waals surface area contributed by atoms with E-state index in [1.54, 1.807) is 12.1 Å². The van der Waals surface area contributed by atoms with E-state index in [0.29, 0.717) is 0 Å². The number of hydrogen-bond acceptors (Lipinski definition) is 6. The Kier molecular flexibility index (Phi) is 3.41. The van der Waals surface area contributed by atoms with Crippen LogP contribution < -0.4 is 9.84 Å². The number of carboxylic acid groups (broad SMARTS) is 1. The molecule has 0 saturated carbocycles. The maximum absolute atomic E-state index is 12.1. The highest BCUT2D eigenvalue weighted by atomic mass is 16.5. The molecule has 2 rings (SSSR count). The van der Waals surface area contributed by atoms with E-state index in [-0.39, 0.29) is 11.3 Å². The van der Waals surface area contributed by atoms with Crippen molar-refractivity contribution < 1.29 is 24.2 Å². The van der Waals surface area contributed by atoms with Gasteiger partial charge in [0.1, 0.15) is 5.75 Å². The molecule has 0 aliphatic carbocycles. The summed E-state index contributed by atoms with van der Waals surface area (Å²) >= 11 is 0. The average molecular weight is 260 g/mol. The van der Waals surface area contributed by atoms with Gasteiger partial charge in [0, 0.05) is 6.21 Å². The molecule has 0 spiro atoms. The number of ketones is 1. The molecule has 1 aromatic carbocycles. The summed E-state index contributed by atoms with van der Waals surface area (Å²) in [5, 5.41) is 10.5. The summed E-state index contributed by atoms with van der Waals surface area (Å²) in [6.45, 7) is 1.29. The van der Waals surface area contributed by atoms with Crippen LogP contribution in [0, 0.1) is 5.92 Å². The van der Waals surface area contributed by atoms with E-state index in [1.807, 2.05) is 0 Å². The Bertz CT molecular complexity index is 578. The van der Waals surface area contributed by atoms with Crippen molar-refractivity contribution in [1.29, 1.82) is 0 Å². The number of hydrogen-bond donors (Lipinski definition) is 0. The number of Topliss-reactive ketones (excluding diaryl/α,β-unsaturated/α-hetero) is 1. The number of aliphatic imine (C=N–C) groups is 1. The van der Waals surface area contributed by atoms with E-state index in [0.717, 1.165) is 6.21 Å². The van der Waals surface area contributed by atoms with Gasteiger partial charge in [-0.25, -0.2) is 0 Å². The lowest BCUT2D eigenvalue weighted by Crippen LogP contribution is -2.36. The van der Waals surface area contributed by atoms with E-state index in [2.05, 4.69) is 4.99 Å². The van der Waals surface area contributed by atoms with Crippen molar-refractivity contribution in [3.05, 3.63) is 29.8 Å². The van der Waals surface area contributed by atoms with Crippen LogP contribution in [-0.4, -0.2) is 30.0 Å². The van der Waals surface area contributed by atoms with Crippen molar-refractivity contribution in [2.24, 2.45) is 10.9 Å². The zero-order valence-corrected chi connectivity index (χ0v) is 10.0. The number of ether oxygens (including phenoxy) is 1. The van der Waals surface area contributed by atoms with Gasteiger partial charge in [-0.05, 0) is 19.1 Å². The summed E-state index contributed by atoms with van der Waals surface area (Å²) in [5.41, 5.74) is 0.277. The molecule has 1 aromatic rings. The van der Waals surface area contributed by atoms with Gasteiger partial charge >= 0.3 is 5.97 Å². The van der Waals surface area contributed by atoms with Crippen LogP contribution in [0.2, 0.25) is 0 Å². The summed E-state index contributed by atoms with van der Waals surface area (Å²) in [6, 6.07) is 5.22. The van der Waals surface area contributed by atoms with Crippen LogP contribution in [0.1, 0.15) is 17.3 Å². The molecule has 1 heterocycles. The minimum Gasteiger partial charge on any atom is -0.548 e. The lowest BCUT2D eigenvalue weighted by Gasteiger charge is -2.19. The van der Waals surface area contributed by atoms with Crippen molar-refractivity contribution in [2.45, 2.75) is 13.0 Å². The number of para-hydroxylation sites is 1. The first kappa shape index (κ1) is 12.9. The third-order valence-electron chi connectivity index (χ3n) is 2.70. The Labute approximate surface area is 108 Å². The van der Waals surface area contributed by atoms with Gasteiger partial charge in [-0.2, -0.15) is 0 Å². The van der Waals surface area contributed by atoms with Gasteiger partial charge in [0.2, 0.25) is 0 Å². The zero-order valence-electron chi connectivity index (χ0n) is 10.0. The van der Waals surface area contributed by atoms with Gasteiger partial charge in [0.15, 0.2) is 11.7 Å². The fourth-order valence-corrected chi connectivity index (χ4v) is 1.61. The number of nitrogens with zero attached hydrogens (tertiary/aromatic N) is 1. The summed E-state index contributed by atoms with van der Waals surface area (Å²) in [7, 11) is 0. The number of carboxylic acids is 1. The number of aliphatic carboxylic acids is 1. The van der Waals surface area contributed by atoms with E-state index in [1.165, 1.54) is 19.1 Å². The normalized spacial score (nSPS) is 19.9. The predicted molar refractivity (Wildman–Crippen MR) is 62.9 cm³/mol. The van der Waals surface area contributed by atoms with Crippen molar-refractivity contribution in [2.75, 3.05) is 0 Å². The molecule has 0 aromatic heterocycles. The molecule has 1 aliphatic heterocycles. The predicted octanol–water partition coefficient (Wildman–Crippen LogP) is -0.386. The van der Waals surface area contributed by atoms with Crippen LogP contribution in [0.3, 0.4) is 0 Å². The SMILES string of the molecule is C[C@@H](N=CC1C(=O)Oc2ccccc2C1=O)C(=O)[O-]. The lowest BCUT2D eigenvalue weighted by atomic mass is 9.95. The van der Waals surface area contributed by atoms with Gasteiger partial charge < -0.3 is 14.6 Å². The zero-order chi connectivity index (χ0) is 14.0. The first-order valence-corrected chi connectivity index (χ1v) is 5.60. The second-order valence-electron chi connectivity index (χ2n) is 4.05. The maximum Gasteiger partial charge on any atom is 0.327 e. The molecule has 1 unspecified atom stereocenters. The Hall–Kier alpha value is -2.50. The number of esters is 1. The molecule has 0 fully saturated rings. The van der Waals surface area contributed by atoms with Gasteiger partial charge in [-0.1, -0.05) is 12.1 Å². The van der Waals surface area contributed by atoms with Crippen molar-refractivity contribution >= 4 is 23.9 Å². The molecule has 0 radical (unpaired) electrons. The van der Waals surface area contributed by atoms with E-state index in [4.69, 9.17) is 4.74 Å². The minimum absolute atomic E-state index is 0.204. The van der Waals surface area contributed by atoms with Gasteiger partial charge in [0.05, 0.1) is 17.6 Å². The third-order valence-corrected chi connectivity index (χ3v) is 2.70. The Balaban J connectivity index is 2.27. The molecule has 2 atom stereocenters. The minimum atomic E-state index is -1.38. The Morgan fingerprint density at radius 2 is 2.11 bits per heavy atom. The molecule has 0 bridgehead atoms. The fourth-order valence-electron chi connectivity index (χ4n) is 1.61. The highest BCUT2D eigenvalue weighted by molar-refractivity contribution is 6.22. The fraction of sp³-hybridized carbons (Fsp3) is 0.231. The molecule has 1 aliphatic rings. The molecule has 6 heteroatoms. The standard InChI is InChI=1S/C13H11NO5/c1-7(12(16)17)14-6-9-11(15)8-4-2-3-5-10(8)19-13(9)18/h2-7,9H,1H3,(H,16,17)/p-1/t7-,9?/m1/s1. The maximum atomic E-state index is 12.1. The van der Waals surface area contributed by atoms with Crippen molar-refractivity contribution in [3.63, 3.8) is 0 Å². The molecule has 98 valence electrons. The van der Waals surface area contributed by atoms with Crippen molar-refractivity contribution in [1.82, 2.24) is 0 Å². The van der Waals surface area contributed by atoms with Crippen LogP contribution in [0.25, 0.3) is 0 Å². The monoisotopic (exact) mass is 260 g/mol. The molecule has 19 heavy (non-hydrogen) atoms. The second-order valence-corrected chi connectivity index (χ2v) is 4.05. The molecule has 0 amide bonds. The van der Waals surface area contributed by atoms with Gasteiger partial charge in [-0.3, -0.25) is 14.6 Å². The summed E-state index contributed by atoms with van der Waals surface area (Å²) in [5.74, 6) is -3.61. The van der Waals surface area contributed by atoms with E-state index < -0.39 is 29.7 Å². The molecule has 6 nitrogen and oxygen atoms in total. The number of rotatable bonds is 3. The Morgan fingerprint density at radius 1 is 1.42 bits per heavy atom. The average Bonchev–Trinajstić information content (AvgIpc) is 2.38. The van der Waals surface area contributed by atoms with Crippen LogP contribution in [0.15, 0.2) is 29.3 Å². The van der Waals surface area contributed by atoms with Crippen LogP contribution in [0.5, 0.6) is 5.75 Å². The summed E-state index contributed by atoms with van der Waals surface area (Å²) in [4.78, 5) is 37.8. The third kappa shape index (κ3) is 2.52. The van der Waals surface area contributed by atoms with Crippen LogP contribution in [-0.2, 0) is 9.59 Å². The molecular weight excluding hydrogens is 250 g/mol. The van der Waals surface area contributed by atoms with Gasteiger partial charge in [0.25, 0.3) is 0 Å². The quantitative estimate of drug-likeness (QED) is 0.319. The summed E-state index contributed by atoms with van der Waals surface area (Å²) in [6.07, 6.45) is 1.00.